The molecule has 0 aromatic carbocycles. The number of carbonyl (C=O) groups is 3. The Labute approximate surface area is 516 Å². The highest BCUT2D eigenvalue weighted by Crippen LogP contribution is 2.20. The number of ether oxygens (including phenoxy) is 4. The van der Waals surface area contributed by atoms with Crippen LogP contribution in [-0.4, -0.2) is 87.4 Å². The summed E-state index contributed by atoms with van der Waals surface area (Å²) in [5, 5.41) is 9.75. The van der Waals surface area contributed by atoms with E-state index in [0.717, 1.165) is 38.5 Å². The van der Waals surface area contributed by atoms with E-state index < -0.39 is 18.4 Å². The molecule has 0 amide bonds. The van der Waals surface area contributed by atoms with Crippen LogP contribution in [0.1, 0.15) is 386 Å². The number of quaternary nitrogens is 1. The zero-order valence-corrected chi connectivity index (χ0v) is 56.4. The zero-order valence-electron chi connectivity index (χ0n) is 56.4. The first-order valence-corrected chi connectivity index (χ1v) is 36.9. The van der Waals surface area contributed by atoms with Gasteiger partial charge in [0.2, 0.25) is 0 Å². The smallest absolute Gasteiger partial charge is 0.361 e. The molecule has 9 heteroatoms. The highest BCUT2D eigenvalue weighted by molar-refractivity contribution is 5.71. The van der Waals surface area contributed by atoms with Crippen molar-refractivity contribution in [1.29, 1.82) is 0 Å². The van der Waals surface area contributed by atoms with Crippen molar-refractivity contribution < 1.29 is 42.9 Å². The number of carboxylic acid groups (broad SMARTS) is 1. The minimum atomic E-state index is -1.51. The van der Waals surface area contributed by atoms with Crippen molar-refractivity contribution in [3.05, 3.63) is 12.2 Å². The first-order valence-electron chi connectivity index (χ1n) is 36.9. The van der Waals surface area contributed by atoms with Crippen LogP contribution in [0.3, 0.4) is 0 Å². The molecule has 9 nitrogen and oxygen atoms in total. The lowest BCUT2D eigenvalue weighted by molar-refractivity contribution is -0.870. The highest BCUT2D eigenvalue weighted by atomic mass is 16.7. The van der Waals surface area contributed by atoms with Gasteiger partial charge in [-0.3, -0.25) is 9.59 Å². The summed E-state index contributed by atoms with van der Waals surface area (Å²) in [5.74, 6) is -1.97. The summed E-state index contributed by atoms with van der Waals surface area (Å²) in [7, 11) is 6.00. The Balaban J connectivity index is 3.96. The highest BCUT2D eigenvalue weighted by Gasteiger charge is 2.25. The third kappa shape index (κ3) is 67.4. The second-order valence-electron chi connectivity index (χ2n) is 26.6. The number of carboxylic acids is 1. The molecule has 0 saturated heterocycles. The van der Waals surface area contributed by atoms with Crippen molar-refractivity contribution in [1.82, 2.24) is 0 Å². The fourth-order valence-corrected chi connectivity index (χ4v) is 11.4. The van der Waals surface area contributed by atoms with Gasteiger partial charge in [-0.1, -0.05) is 347 Å². The molecule has 492 valence electrons. The third-order valence-electron chi connectivity index (χ3n) is 17.0. The van der Waals surface area contributed by atoms with Gasteiger partial charge >= 0.3 is 17.9 Å². The number of allylic oxidation sites excluding steroid dienone is 2. The SMILES string of the molecule is CCCCCCCCCC/C=C\CCCCCCCCCCCCCCCCCCCCCCCCCCCC(=O)OC(COC(=O)CCCCCCCCCCCCCCCCCCCCCCC)COC(OCC[N+](C)(C)C)C(=O)O. The van der Waals surface area contributed by atoms with E-state index in [1.54, 1.807) is 0 Å². The number of hydrogen-bond donors (Lipinski definition) is 1. The number of carbonyl (C=O) groups excluding carboxylic acids is 2. The number of hydrogen-bond acceptors (Lipinski definition) is 7. The molecule has 0 aromatic rings. The van der Waals surface area contributed by atoms with Crippen LogP contribution in [0.25, 0.3) is 0 Å². The third-order valence-corrected chi connectivity index (χ3v) is 17.0. The minimum Gasteiger partial charge on any atom is -0.477 e. The van der Waals surface area contributed by atoms with Crippen LogP contribution < -0.4 is 0 Å². The Hall–Kier alpha value is -1.97. The van der Waals surface area contributed by atoms with E-state index in [1.807, 2.05) is 21.1 Å². The average Bonchev–Trinajstić information content (AvgIpc) is 3.46. The number of esters is 2. The fourth-order valence-electron chi connectivity index (χ4n) is 11.4. The van der Waals surface area contributed by atoms with Crippen LogP contribution in [0, 0.1) is 0 Å². The van der Waals surface area contributed by atoms with E-state index in [9.17, 15) is 19.5 Å². The van der Waals surface area contributed by atoms with Crippen molar-refractivity contribution in [2.45, 2.75) is 399 Å². The molecular formula is C74H144NO8+. The second-order valence-corrected chi connectivity index (χ2v) is 26.6. The minimum absolute atomic E-state index is 0.173. The van der Waals surface area contributed by atoms with Crippen LogP contribution in [0.4, 0.5) is 0 Å². The molecule has 2 atom stereocenters. The van der Waals surface area contributed by atoms with Crippen molar-refractivity contribution in [3.8, 4) is 0 Å². The van der Waals surface area contributed by atoms with Gasteiger partial charge in [-0.2, -0.15) is 0 Å². The maximum absolute atomic E-state index is 12.9. The summed E-state index contributed by atoms with van der Waals surface area (Å²) in [6, 6.07) is 0. The molecule has 0 aliphatic heterocycles. The monoisotopic (exact) mass is 1180 g/mol. The van der Waals surface area contributed by atoms with Crippen LogP contribution in [0.15, 0.2) is 12.2 Å². The van der Waals surface area contributed by atoms with E-state index in [1.165, 1.54) is 321 Å². The maximum atomic E-state index is 12.9. The molecule has 0 bridgehead atoms. The van der Waals surface area contributed by atoms with Gasteiger partial charge in [0.05, 0.1) is 34.4 Å². The Morgan fingerprint density at radius 3 is 0.892 bits per heavy atom. The van der Waals surface area contributed by atoms with Crippen molar-refractivity contribution >= 4 is 17.9 Å². The molecule has 0 heterocycles. The van der Waals surface area contributed by atoms with E-state index in [4.69, 9.17) is 18.9 Å². The van der Waals surface area contributed by atoms with Crippen molar-refractivity contribution in [2.24, 2.45) is 0 Å². The predicted molar refractivity (Wildman–Crippen MR) is 355 cm³/mol. The summed E-state index contributed by atoms with van der Waals surface area (Å²) >= 11 is 0. The topological polar surface area (TPSA) is 108 Å². The van der Waals surface area contributed by atoms with E-state index in [-0.39, 0.29) is 38.2 Å². The van der Waals surface area contributed by atoms with Crippen LogP contribution >= 0.6 is 0 Å². The average molecular weight is 1180 g/mol. The number of nitrogens with zero attached hydrogens (tertiary/aromatic N) is 1. The number of unbranched alkanes of at least 4 members (excludes halogenated alkanes) is 53. The van der Waals surface area contributed by atoms with Crippen LogP contribution in [0.5, 0.6) is 0 Å². The summed E-state index contributed by atoms with van der Waals surface area (Å²) in [6.45, 7) is 4.96. The van der Waals surface area contributed by atoms with Crippen LogP contribution in [-0.2, 0) is 33.3 Å². The molecule has 0 rings (SSSR count). The predicted octanol–water partition coefficient (Wildman–Crippen LogP) is 22.8. The lowest BCUT2D eigenvalue weighted by Gasteiger charge is -2.25. The number of rotatable bonds is 70. The van der Waals surface area contributed by atoms with Crippen LogP contribution in [0.2, 0.25) is 0 Å². The summed E-state index contributed by atoms with van der Waals surface area (Å²) < 4.78 is 23.0. The Kier molecular flexibility index (Phi) is 64.4. The Bertz CT molecular complexity index is 1370. The molecule has 0 saturated carbocycles. The quantitative estimate of drug-likeness (QED) is 0.0211. The largest absolute Gasteiger partial charge is 0.477 e. The first-order chi connectivity index (χ1) is 40.6. The lowest BCUT2D eigenvalue weighted by Crippen LogP contribution is -2.40. The van der Waals surface area contributed by atoms with Crippen molar-refractivity contribution in [2.75, 3.05) is 47.5 Å². The van der Waals surface area contributed by atoms with Gasteiger partial charge in [0.1, 0.15) is 13.2 Å². The van der Waals surface area contributed by atoms with Gasteiger partial charge in [-0.15, -0.1) is 0 Å². The lowest BCUT2D eigenvalue weighted by atomic mass is 10.0. The summed E-state index contributed by atoms with van der Waals surface area (Å²) in [4.78, 5) is 37.6. The van der Waals surface area contributed by atoms with E-state index in [2.05, 4.69) is 26.0 Å². The fraction of sp³-hybridized carbons (Fsp3) is 0.932. The molecule has 0 aliphatic carbocycles. The normalized spacial score (nSPS) is 12.6. The van der Waals surface area contributed by atoms with E-state index in [0.29, 0.717) is 17.4 Å². The maximum Gasteiger partial charge on any atom is 0.361 e. The first kappa shape index (κ1) is 81.0. The molecule has 0 aliphatic rings. The second kappa shape index (κ2) is 66.0. The van der Waals surface area contributed by atoms with Gasteiger partial charge in [-0.25, -0.2) is 4.79 Å². The molecule has 0 fully saturated rings. The Morgan fingerprint density at radius 2 is 0.614 bits per heavy atom. The zero-order chi connectivity index (χ0) is 60.5. The summed E-state index contributed by atoms with van der Waals surface area (Å²) in [5.41, 5.74) is 0. The van der Waals surface area contributed by atoms with Crippen molar-refractivity contribution in [3.63, 3.8) is 0 Å². The van der Waals surface area contributed by atoms with E-state index >= 15 is 0 Å². The van der Waals surface area contributed by atoms with Gasteiger partial charge < -0.3 is 28.5 Å². The number of aliphatic carboxylic acids is 1. The number of likely N-dealkylation sites (N-methyl/N-ethyl adjacent to an activating group) is 1. The molecule has 2 unspecified atom stereocenters. The van der Waals surface area contributed by atoms with Gasteiger partial charge in [0, 0.05) is 12.8 Å². The van der Waals surface area contributed by atoms with Gasteiger partial charge in [0.15, 0.2) is 6.10 Å². The molecule has 0 spiro atoms. The standard InChI is InChI=1S/C74H143NO8/c1-6-8-10-12-14-16-18-20-22-24-26-28-29-30-31-32-33-34-35-36-37-38-39-40-41-42-43-45-47-49-51-53-55-57-59-61-63-65-72(77)83-70(69-82-74(73(78)79)80-67-66-75(3,4)5)68-81-71(76)64-62-60-58-56-54-52-50-48-46-44-27-25-23-21-19-17-15-13-11-9-7-2/h24,26,70,74H,6-23,25,27-69H2,1-5H3/p+1/b26-24-. The van der Waals surface area contributed by atoms with Gasteiger partial charge in [0.25, 0.3) is 6.29 Å². The van der Waals surface area contributed by atoms with Gasteiger partial charge in [-0.05, 0) is 38.5 Å². The molecule has 0 radical (unpaired) electrons. The molecular weight excluding hydrogens is 1030 g/mol. The summed E-state index contributed by atoms with van der Waals surface area (Å²) in [6.07, 6.45) is 77.8. The molecule has 0 aromatic heterocycles. The Morgan fingerprint density at radius 1 is 0.349 bits per heavy atom. The molecule has 83 heavy (non-hydrogen) atoms. The molecule has 1 N–H and O–H groups in total.